The van der Waals surface area contributed by atoms with E-state index in [9.17, 15) is 4.79 Å². The zero-order valence-corrected chi connectivity index (χ0v) is 12.7. The fraction of sp³-hybridized carbons (Fsp3) is 0.286. The number of pyridine rings is 1. The van der Waals surface area contributed by atoms with Gasteiger partial charge in [0, 0.05) is 22.0 Å². The molecule has 0 saturated heterocycles. The van der Waals surface area contributed by atoms with E-state index in [1.54, 1.807) is 0 Å². The highest BCUT2D eigenvalue weighted by Gasteiger charge is 2.30. The van der Waals surface area contributed by atoms with Crippen LogP contribution in [0.3, 0.4) is 0 Å². The number of aliphatic carboxylic acids is 1. The van der Waals surface area contributed by atoms with Gasteiger partial charge in [0.25, 0.3) is 0 Å². The first-order valence-electron chi connectivity index (χ1n) is 5.86. The molecule has 3 rings (SSSR count). The predicted octanol–water partition coefficient (Wildman–Crippen LogP) is 3.53. The predicted molar refractivity (Wildman–Crippen MR) is 80.0 cm³/mol. The van der Waals surface area contributed by atoms with Crippen molar-refractivity contribution in [1.29, 1.82) is 0 Å². The van der Waals surface area contributed by atoms with Gasteiger partial charge in [0.05, 0.1) is 11.4 Å². The third-order valence-corrected chi connectivity index (χ3v) is 4.15. The minimum absolute atomic E-state index is 0. The largest absolute Gasteiger partial charge is 0.481 e. The zero-order valence-electron chi connectivity index (χ0n) is 10.3. The van der Waals surface area contributed by atoms with Crippen molar-refractivity contribution < 1.29 is 9.90 Å². The van der Waals surface area contributed by atoms with Crippen LogP contribution in [0.25, 0.3) is 10.9 Å². The van der Waals surface area contributed by atoms with E-state index in [0.717, 1.165) is 26.6 Å². The first-order chi connectivity index (χ1) is 8.56. The number of aromatic nitrogens is 1. The molecule has 0 bridgehead atoms. The molecule has 1 N–H and O–H groups in total. The van der Waals surface area contributed by atoms with Crippen molar-refractivity contribution in [2.45, 2.75) is 19.8 Å². The third-order valence-electron chi connectivity index (χ3n) is 3.66. The molecule has 0 spiro atoms. The van der Waals surface area contributed by atoms with E-state index in [2.05, 4.69) is 27.8 Å². The van der Waals surface area contributed by atoms with Gasteiger partial charge in [-0.2, -0.15) is 0 Å². The summed E-state index contributed by atoms with van der Waals surface area (Å²) in [6.07, 6.45) is 1.16. The number of carboxylic acids is 1. The standard InChI is InChI=1S/C14H12BrNO2.ClH/c1-7-10-4-8(14(17)18)5-13(10)16-12-3-2-9(15)6-11(7)12;/h2-3,6,8H,4-5H2,1H3,(H,17,18);1H. The molecule has 1 aliphatic carbocycles. The Morgan fingerprint density at radius 3 is 2.84 bits per heavy atom. The minimum Gasteiger partial charge on any atom is -0.481 e. The molecule has 2 aromatic rings. The van der Waals surface area contributed by atoms with Crippen molar-refractivity contribution in [2.24, 2.45) is 5.92 Å². The van der Waals surface area contributed by atoms with Gasteiger partial charge in [-0.3, -0.25) is 9.78 Å². The SMILES string of the molecule is Cc1c2c(nc3ccc(Br)cc13)CC(C(=O)O)C2.Cl. The smallest absolute Gasteiger partial charge is 0.307 e. The molecule has 100 valence electrons. The highest BCUT2D eigenvalue weighted by Crippen LogP contribution is 2.33. The molecule has 0 aliphatic heterocycles. The molecule has 1 aromatic carbocycles. The highest BCUT2D eigenvalue weighted by molar-refractivity contribution is 9.10. The van der Waals surface area contributed by atoms with Crippen LogP contribution in [-0.4, -0.2) is 16.1 Å². The lowest BCUT2D eigenvalue weighted by Gasteiger charge is -2.08. The lowest BCUT2D eigenvalue weighted by molar-refractivity contribution is -0.141. The Hall–Kier alpha value is -1.13. The summed E-state index contributed by atoms with van der Waals surface area (Å²) in [5, 5.41) is 10.2. The van der Waals surface area contributed by atoms with Gasteiger partial charge in [-0.15, -0.1) is 12.4 Å². The molecule has 1 atom stereocenters. The summed E-state index contributed by atoms with van der Waals surface area (Å²) < 4.78 is 1.02. The number of nitrogens with zero attached hydrogens (tertiary/aromatic N) is 1. The van der Waals surface area contributed by atoms with Crippen LogP contribution in [0.5, 0.6) is 0 Å². The second-order valence-electron chi connectivity index (χ2n) is 4.77. The summed E-state index contributed by atoms with van der Waals surface area (Å²) in [5.41, 5.74) is 4.18. The quantitative estimate of drug-likeness (QED) is 0.862. The van der Waals surface area contributed by atoms with Crippen LogP contribution in [0.15, 0.2) is 22.7 Å². The molecule has 3 nitrogen and oxygen atoms in total. The van der Waals surface area contributed by atoms with Crippen molar-refractivity contribution in [3.63, 3.8) is 0 Å². The van der Waals surface area contributed by atoms with Crippen LogP contribution in [0.1, 0.15) is 16.8 Å². The molecule has 0 radical (unpaired) electrons. The van der Waals surface area contributed by atoms with Crippen LogP contribution in [0.4, 0.5) is 0 Å². The van der Waals surface area contributed by atoms with Crippen LogP contribution >= 0.6 is 28.3 Å². The second kappa shape index (κ2) is 5.10. The van der Waals surface area contributed by atoms with Gasteiger partial charge >= 0.3 is 5.97 Å². The van der Waals surface area contributed by atoms with Crippen molar-refractivity contribution in [3.8, 4) is 0 Å². The van der Waals surface area contributed by atoms with Crippen molar-refractivity contribution in [2.75, 3.05) is 0 Å². The summed E-state index contributed by atoms with van der Waals surface area (Å²) in [5.74, 6) is -1.04. The average molecular weight is 343 g/mol. The lowest BCUT2D eigenvalue weighted by Crippen LogP contribution is -2.13. The van der Waals surface area contributed by atoms with E-state index < -0.39 is 5.97 Å². The van der Waals surface area contributed by atoms with Gasteiger partial charge in [0.15, 0.2) is 0 Å². The fourth-order valence-electron chi connectivity index (χ4n) is 2.66. The Morgan fingerprint density at radius 1 is 1.42 bits per heavy atom. The summed E-state index contributed by atoms with van der Waals surface area (Å²) >= 11 is 3.46. The zero-order chi connectivity index (χ0) is 12.9. The van der Waals surface area contributed by atoms with Crippen LogP contribution < -0.4 is 0 Å². The van der Waals surface area contributed by atoms with Crippen LogP contribution in [0.2, 0.25) is 0 Å². The Labute approximate surface area is 125 Å². The Morgan fingerprint density at radius 2 is 2.16 bits per heavy atom. The fourth-order valence-corrected chi connectivity index (χ4v) is 3.03. The Balaban J connectivity index is 0.00000133. The van der Waals surface area contributed by atoms with Crippen molar-refractivity contribution >= 4 is 45.2 Å². The Bertz CT molecular complexity index is 672. The summed E-state index contributed by atoms with van der Waals surface area (Å²) in [6, 6.07) is 5.98. The third kappa shape index (κ3) is 2.35. The Kier molecular flexibility index (Phi) is 3.83. The highest BCUT2D eigenvalue weighted by atomic mass is 79.9. The topological polar surface area (TPSA) is 50.2 Å². The van der Waals surface area contributed by atoms with E-state index in [-0.39, 0.29) is 18.3 Å². The number of fused-ring (bicyclic) bond motifs is 2. The molecule has 0 saturated carbocycles. The summed E-state index contributed by atoms with van der Waals surface area (Å²) in [4.78, 5) is 15.7. The van der Waals surface area contributed by atoms with Gasteiger partial charge in [-0.05, 0) is 42.7 Å². The number of carboxylic acid groups (broad SMARTS) is 1. The van der Waals surface area contributed by atoms with E-state index in [4.69, 9.17) is 5.11 Å². The normalized spacial score (nSPS) is 17.1. The summed E-state index contributed by atoms with van der Waals surface area (Å²) in [7, 11) is 0. The van der Waals surface area contributed by atoms with E-state index in [1.807, 2.05) is 18.2 Å². The molecule has 1 aromatic heterocycles. The van der Waals surface area contributed by atoms with Crippen LogP contribution in [0, 0.1) is 12.8 Å². The summed E-state index contributed by atoms with van der Waals surface area (Å²) in [6.45, 7) is 2.06. The van der Waals surface area contributed by atoms with Gasteiger partial charge < -0.3 is 5.11 Å². The van der Waals surface area contributed by atoms with E-state index in [1.165, 1.54) is 5.56 Å². The number of benzene rings is 1. The van der Waals surface area contributed by atoms with Gasteiger partial charge in [0.2, 0.25) is 0 Å². The number of halogens is 2. The van der Waals surface area contributed by atoms with E-state index >= 15 is 0 Å². The molecule has 1 heterocycles. The van der Waals surface area contributed by atoms with Gasteiger partial charge in [-0.1, -0.05) is 15.9 Å². The molecule has 0 amide bonds. The maximum Gasteiger partial charge on any atom is 0.307 e. The average Bonchev–Trinajstić information content (AvgIpc) is 2.75. The molecular weight excluding hydrogens is 330 g/mol. The maximum absolute atomic E-state index is 11.1. The lowest BCUT2D eigenvalue weighted by atomic mass is 10.0. The first kappa shape index (κ1) is 14.3. The number of rotatable bonds is 1. The number of aryl methyl sites for hydroxylation is 1. The van der Waals surface area contributed by atoms with Gasteiger partial charge in [0.1, 0.15) is 0 Å². The molecule has 5 heteroatoms. The molecule has 19 heavy (non-hydrogen) atoms. The molecule has 0 fully saturated rings. The van der Waals surface area contributed by atoms with Crippen molar-refractivity contribution in [1.82, 2.24) is 4.98 Å². The number of hydrogen-bond donors (Lipinski definition) is 1. The van der Waals surface area contributed by atoms with Gasteiger partial charge in [-0.25, -0.2) is 0 Å². The molecule has 1 unspecified atom stereocenters. The maximum atomic E-state index is 11.1. The first-order valence-corrected chi connectivity index (χ1v) is 6.66. The minimum atomic E-state index is -0.724. The van der Waals surface area contributed by atoms with E-state index in [0.29, 0.717) is 12.8 Å². The number of hydrogen-bond acceptors (Lipinski definition) is 2. The second-order valence-corrected chi connectivity index (χ2v) is 5.68. The van der Waals surface area contributed by atoms with Crippen LogP contribution in [-0.2, 0) is 17.6 Å². The monoisotopic (exact) mass is 341 g/mol. The van der Waals surface area contributed by atoms with Crippen molar-refractivity contribution in [3.05, 3.63) is 39.5 Å². The molecular formula is C14H13BrClNO2. The molecule has 1 aliphatic rings. The number of carbonyl (C=O) groups is 1.